The second kappa shape index (κ2) is 5.47. The van der Waals surface area contributed by atoms with Crippen LogP contribution in [0.1, 0.15) is 72.6 Å². The Morgan fingerprint density at radius 1 is 1.08 bits per heavy atom. The Balaban J connectivity index is 1.62. The monoisotopic (exact) mass is 327 g/mol. The first-order valence-corrected chi connectivity index (χ1v) is 10.0. The van der Waals surface area contributed by atoms with Crippen LogP contribution in [0.5, 0.6) is 0 Å². The summed E-state index contributed by atoms with van der Waals surface area (Å²) in [6, 6.07) is 0. The van der Waals surface area contributed by atoms with Crippen molar-refractivity contribution >= 4 is 5.91 Å². The molecule has 1 amide bonds. The molecule has 0 bridgehead atoms. The minimum absolute atomic E-state index is 0.0873. The molecule has 4 aliphatic rings. The van der Waals surface area contributed by atoms with E-state index < -0.39 is 0 Å². The van der Waals surface area contributed by atoms with Gasteiger partial charge in [0.15, 0.2) is 0 Å². The van der Waals surface area contributed by atoms with Crippen LogP contribution in [0.3, 0.4) is 0 Å². The van der Waals surface area contributed by atoms with Crippen molar-refractivity contribution in [2.75, 3.05) is 0 Å². The first-order chi connectivity index (χ1) is 11.3. The van der Waals surface area contributed by atoms with Gasteiger partial charge in [0.05, 0.1) is 0 Å². The Morgan fingerprint density at radius 3 is 2.58 bits per heavy atom. The van der Waals surface area contributed by atoms with Crippen molar-refractivity contribution in [1.82, 2.24) is 5.32 Å². The van der Waals surface area contributed by atoms with Crippen LogP contribution in [0.25, 0.3) is 0 Å². The van der Waals surface area contributed by atoms with Gasteiger partial charge in [0.25, 0.3) is 0 Å². The number of amides is 1. The molecular weight excluding hydrogens is 294 g/mol. The van der Waals surface area contributed by atoms with Crippen molar-refractivity contribution in [2.45, 2.75) is 72.6 Å². The van der Waals surface area contributed by atoms with Gasteiger partial charge in [-0.15, -0.1) is 0 Å². The summed E-state index contributed by atoms with van der Waals surface area (Å²) >= 11 is 0. The molecule has 1 N–H and O–H groups in total. The molecule has 4 rings (SSSR count). The lowest BCUT2D eigenvalue weighted by Crippen LogP contribution is -2.50. The molecular formula is C22H33NO. The molecule has 2 fully saturated rings. The first kappa shape index (κ1) is 16.4. The number of allylic oxidation sites excluding steroid dienone is 4. The fourth-order valence-electron chi connectivity index (χ4n) is 6.79. The quantitative estimate of drug-likeness (QED) is 0.658. The SMILES string of the molecule is CC(=O)NC1=CC[C@H]2C3CC=C4C[C@@H](C)CC[C@]4(C)[C@H]3CC[C@]12C. The molecule has 4 aliphatic carbocycles. The Hall–Kier alpha value is -1.05. The van der Waals surface area contributed by atoms with Crippen LogP contribution in [0.2, 0.25) is 0 Å². The van der Waals surface area contributed by atoms with E-state index in [-0.39, 0.29) is 11.3 Å². The molecule has 0 aromatic rings. The van der Waals surface area contributed by atoms with Crippen LogP contribution in [0.15, 0.2) is 23.4 Å². The second-order valence-corrected chi connectivity index (χ2v) is 9.60. The largest absolute Gasteiger partial charge is 0.330 e. The second-order valence-electron chi connectivity index (χ2n) is 9.60. The number of nitrogens with one attached hydrogen (secondary N) is 1. The molecule has 24 heavy (non-hydrogen) atoms. The predicted molar refractivity (Wildman–Crippen MR) is 98.1 cm³/mol. The van der Waals surface area contributed by atoms with E-state index in [1.54, 1.807) is 12.5 Å². The summed E-state index contributed by atoms with van der Waals surface area (Å²) in [6.07, 6.45) is 14.1. The molecule has 0 aromatic carbocycles. The van der Waals surface area contributed by atoms with Gasteiger partial charge in [-0.2, -0.15) is 0 Å². The first-order valence-electron chi connectivity index (χ1n) is 10.0. The van der Waals surface area contributed by atoms with Crippen molar-refractivity contribution in [3.63, 3.8) is 0 Å². The van der Waals surface area contributed by atoms with E-state index in [2.05, 4.69) is 38.2 Å². The van der Waals surface area contributed by atoms with Gasteiger partial charge >= 0.3 is 0 Å². The fourth-order valence-corrected chi connectivity index (χ4v) is 6.79. The van der Waals surface area contributed by atoms with Crippen molar-refractivity contribution in [3.8, 4) is 0 Å². The number of rotatable bonds is 1. The summed E-state index contributed by atoms with van der Waals surface area (Å²) < 4.78 is 0. The molecule has 6 atom stereocenters. The van der Waals surface area contributed by atoms with Crippen LogP contribution >= 0.6 is 0 Å². The third-order valence-electron chi connectivity index (χ3n) is 8.24. The molecule has 0 saturated heterocycles. The highest BCUT2D eigenvalue weighted by atomic mass is 16.1. The van der Waals surface area contributed by atoms with E-state index in [1.165, 1.54) is 44.2 Å². The smallest absolute Gasteiger partial charge is 0.221 e. The molecule has 1 unspecified atom stereocenters. The van der Waals surface area contributed by atoms with Crippen LogP contribution in [0, 0.1) is 34.5 Å². The maximum absolute atomic E-state index is 11.6. The van der Waals surface area contributed by atoms with E-state index >= 15 is 0 Å². The highest BCUT2D eigenvalue weighted by Crippen LogP contribution is 2.64. The molecule has 0 aliphatic heterocycles. The van der Waals surface area contributed by atoms with Gasteiger partial charge in [-0.25, -0.2) is 0 Å². The van der Waals surface area contributed by atoms with Gasteiger partial charge in [0.1, 0.15) is 0 Å². The highest BCUT2D eigenvalue weighted by molar-refractivity contribution is 5.75. The molecule has 2 nitrogen and oxygen atoms in total. The Labute approximate surface area is 147 Å². The van der Waals surface area contributed by atoms with E-state index in [0.717, 1.165) is 24.2 Å². The highest BCUT2D eigenvalue weighted by Gasteiger charge is 2.56. The van der Waals surface area contributed by atoms with Gasteiger partial charge in [-0.1, -0.05) is 38.5 Å². The van der Waals surface area contributed by atoms with E-state index in [9.17, 15) is 4.79 Å². The maximum Gasteiger partial charge on any atom is 0.221 e. The molecule has 2 saturated carbocycles. The maximum atomic E-state index is 11.6. The average Bonchev–Trinajstić information content (AvgIpc) is 2.84. The van der Waals surface area contributed by atoms with E-state index in [1.807, 2.05) is 0 Å². The predicted octanol–water partition coefficient (Wildman–Crippen LogP) is 5.22. The zero-order valence-electron chi connectivity index (χ0n) is 15.8. The Morgan fingerprint density at radius 2 is 1.83 bits per heavy atom. The van der Waals surface area contributed by atoms with Gasteiger partial charge < -0.3 is 5.32 Å². The Kier molecular flexibility index (Phi) is 3.75. The molecule has 0 spiro atoms. The number of carbonyl (C=O) groups is 1. The van der Waals surface area contributed by atoms with Crippen LogP contribution in [-0.4, -0.2) is 5.91 Å². The average molecular weight is 328 g/mol. The van der Waals surface area contributed by atoms with Crippen molar-refractivity contribution in [3.05, 3.63) is 23.4 Å². The van der Waals surface area contributed by atoms with Crippen molar-refractivity contribution in [2.24, 2.45) is 34.5 Å². The van der Waals surface area contributed by atoms with Gasteiger partial charge in [-0.05, 0) is 74.0 Å². The topological polar surface area (TPSA) is 29.1 Å². The van der Waals surface area contributed by atoms with Crippen LogP contribution in [-0.2, 0) is 4.79 Å². The third kappa shape index (κ3) is 2.24. The van der Waals surface area contributed by atoms with Crippen molar-refractivity contribution < 1.29 is 4.79 Å². The van der Waals surface area contributed by atoms with Gasteiger partial charge in [-0.3, -0.25) is 4.79 Å². The number of hydrogen-bond acceptors (Lipinski definition) is 1. The van der Waals surface area contributed by atoms with Crippen molar-refractivity contribution in [1.29, 1.82) is 0 Å². The summed E-state index contributed by atoms with van der Waals surface area (Å²) in [4.78, 5) is 11.6. The minimum Gasteiger partial charge on any atom is -0.330 e. The van der Waals surface area contributed by atoms with Gasteiger partial charge in [0.2, 0.25) is 5.91 Å². The third-order valence-corrected chi connectivity index (χ3v) is 8.24. The van der Waals surface area contributed by atoms with E-state index in [0.29, 0.717) is 11.3 Å². The number of carbonyl (C=O) groups excluding carboxylic acids is 1. The summed E-state index contributed by atoms with van der Waals surface area (Å²) in [5.41, 5.74) is 3.64. The lowest BCUT2D eigenvalue weighted by atomic mass is 9.47. The van der Waals surface area contributed by atoms with E-state index in [4.69, 9.17) is 0 Å². The number of fused-ring (bicyclic) bond motifs is 5. The molecule has 2 heteroatoms. The summed E-state index contributed by atoms with van der Waals surface area (Å²) in [6.45, 7) is 9.04. The molecule has 0 radical (unpaired) electrons. The zero-order chi connectivity index (χ0) is 17.1. The number of hydrogen-bond donors (Lipinski definition) is 1. The standard InChI is InChI=1S/C22H33NO/c1-14-9-11-21(3)16(13-14)5-6-17-18-7-8-20(23-15(2)24)22(18,4)12-10-19(17)21/h5,8,14,17-19H,6-7,9-13H2,1-4H3,(H,23,24)/t14-,17?,18-,19-,21-,22-/m0/s1. The molecule has 0 aromatic heterocycles. The summed E-state index contributed by atoms with van der Waals surface area (Å²) in [5.74, 6) is 3.33. The fraction of sp³-hybridized carbons (Fsp3) is 0.773. The van der Waals surface area contributed by atoms with Crippen LogP contribution in [0.4, 0.5) is 0 Å². The minimum atomic E-state index is 0.0873. The normalized spacial score (nSPS) is 47.0. The molecule has 132 valence electrons. The zero-order valence-corrected chi connectivity index (χ0v) is 15.8. The molecule has 0 heterocycles. The van der Waals surface area contributed by atoms with Gasteiger partial charge in [0, 0.05) is 18.0 Å². The van der Waals surface area contributed by atoms with Crippen LogP contribution < -0.4 is 5.32 Å². The summed E-state index contributed by atoms with van der Waals surface area (Å²) in [7, 11) is 0. The lowest BCUT2D eigenvalue weighted by molar-refractivity contribution is -0.118. The Bertz CT molecular complexity index is 617. The summed E-state index contributed by atoms with van der Waals surface area (Å²) in [5, 5.41) is 3.16. The lowest BCUT2D eigenvalue weighted by Gasteiger charge is -2.57.